The molecular weight excluding hydrogens is 144 g/mol. The van der Waals surface area contributed by atoms with E-state index in [2.05, 4.69) is 0 Å². The number of benzene rings is 1. The molecule has 11 heavy (non-hydrogen) atoms. The first-order chi connectivity index (χ1) is 5.33. The third-order valence-corrected chi connectivity index (χ3v) is 1.03. The lowest BCUT2D eigenvalue weighted by Crippen LogP contribution is -1.74. The minimum Gasteiger partial charge on any atom is -0.508 e. The normalized spacial score (nSPS) is 7.82. The van der Waals surface area contributed by atoms with E-state index in [1.165, 1.54) is 12.1 Å². The van der Waals surface area contributed by atoms with Crippen molar-refractivity contribution in [3.63, 3.8) is 0 Å². The summed E-state index contributed by atoms with van der Waals surface area (Å²) >= 11 is 0. The predicted octanol–water partition coefficient (Wildman–Crippen LogP) is 0.813. The Morgan fingerprint density at radius 2 is 1.64 bits per heavy atom. The third-order valence-electron chi connectivity index (χ3n) is 1.03. The topological polar surface area (TPSA) is 57.5 Å². The summed E-state index contributed by atoms with van der Waals surface area (Å²) < 4.78 is 0. The van der Waals surface area contributed by atoms with E-state index >= 15 is 0 Å². The number of phenols is 1. The van der Waals surface area contributed by atoms with Crippen molar-refractivity contribution in [2.45, 2.75) is 0 Å². The van der Waals surface area contributed by atoms with Crippen LogP contribution in [0.25, 0.3) is 0 Å². The molecule has 1 aromatic carbocycles. The maximum Gasteiger partial charge on any atom is 0.150 e. The first kappa shape index (κ1) is 9.65. The molecule has 60 valence electrons. The van der Waals surface area contributed by atoms with Crippen molar-refractivity contribution in [2.75, 3.05) is 7.11 Å². The van der Waals surface area contributed by atoms with Crippen LogP contribution in [0.3, 0.4) is 0 Å². The Morgan fingerprint density at radius 1 is 1.18 bits per heavy atom. The molecule has 0 aromatic heterocycles. The minimum absolute atomic E-state index is 0.181. The maximum absolute atomic E-state index is 10.0. The summed E-state index contributed by atoms with van der Waals surface area (Å²) in [5.41, 5.74) is 0.577. The van der Waals surface area contributed by atoms with Gasteiger partial charge in [0.2, 0.25) is 0 Å². The van der Waals surface area contributed by atoms with Gasteiger partial charge in [0.1, 0.15) is 12.0 Å². The summed E-state index contributed by atoms with van der Waals surface area (Å²) in [6.45, 7) is 0. The average Bonchev–Trinajstić information content (AvgIpc) is 2.10. The van der Waals surface area contributed by atoms with Crippen LogP contribution in [-0.4, -0.2) is 23.6 Å². The van der Waals surface area contributed by atoms with E-state index in [-0.39, 0.29) is 5.75 Å². The van der Waals surface area contributed by atoms with Crippen LogP contribution >= 0.6 is 0 Å². The van der Waals surface area contributed by atoms with E-state index in [1.807, 2.05) is 0 Å². The van der Waals surface area contributed by atoms with Gasteiger partial charge >= 0.3 is 0 Å². The highest BCUT2D eigenvalue weighted by Crippen LogP contribution is 2.07. The molecular formula is C8H10O3. The van der Waals surface area contributed by atoms with Gasteiger partial charge in [-0.2, -0.15) is 0 Å². The quantitative estimate of drug-likeness (QED) is 0.588. The molecule has 1 rings (SSSR count). The predicted molar refractivity (Wildman–Crippen MR) is 41.6 cm³/mol. The standard InChI is InChI=1S/C7H6O2.CH4O/c8-5-6-1-3-7(9)4-2-6;1-2/h1-5,9H;2H,1H3. The Hall–Kier alpha value is -1.35. The van der Waals surface area contributed by atoms with Gasteiger partial charge in [0.15, 0.2) is 0 Å². The van der Waals surface area contributed by atoms with Gasteiger partial charge in [-0.25, -0.2) is 0 Å². The molecule has 0 bridgehead atoms. The Labute approximate surface area is 64.9 Å². The van der Waals surface area contributed by atoms with Crippen LogP contribution < -0.4 is 0 Å². The first-order valence-electron chi connectivity index (χ1n) is 3.02. The lowest BCUT2D eigenvalue weighted by Gasteiger charge is -1.88. The van der Waals surface area contributed by atoms with Crippen LogP contribution in [0.2, 0.25) is 0 Å². The van der Waals surface area contributed by atoms with Gasteiger partial charge in [-0.05, 0) is 24.3 Å². The second kappa shape index (κ2) is 5.44. The van der Waals surface area contributed by atoms with Gasteiger partial charge in [-0.15, -0.1) is 0 Å². The number of hydrogen-bond acceptors (Lipinski definition) is 3. The lowest BCUT2D eigenvalue weighted by molar-refractivity contribution is 0.112. The van der Waals surface area contributed by atoms with E-state index in [0.29, 0.717) is 5.56 Å². The van der Waals surface area contributed by atoms with Crippen molar-refractivity contribution in [3.05, 3.63) is 29.8 Å². The summed E-state index contributed by atoms with van der Waals surface area (Å²) in [5, 5.41) is 15.7. The summed E-state index contributed by atoms with van der Waals surface area (Å²) in [7, 11) is 1.00. The molecule has 0 aliphatic rings. The van der Waals surface area contributed by atoms with E-state index < -0.39 is 0 Å². The molecule has 0 fully saturated rings. The number of aromatic hydroxyl groups is 1. The molecule has 0 radical (unpaired) electrons. The second-order valence-electron chi connectivity index (χ2n) is 1.71. The molecule has 0 amide bonds. The molecule has 0 aliphatic heterocycles. The monoisotopic (exact) mass is 154 g/mol. The van der Waals surface area contributed by atoms with Gasteiger partial charge in [0.05, 0.1) is 0 Å². The third kappa shape index (κ3) is 3.37. The van der Waals surface area contributed by atoms with Crippen LogP contribution in [0.5, 0.6) is 5.75 Å². The number of hydrogen-bond donors (Lipinski definition) is 2. The SMILES string of the molecule is CO.O=Cc1ccc(O)cc1. The number of aliphatic hydroxyl groups excluding tert-OH is 1. The zero-order valence-corrected chi connectivity index (χ0v) is 6.19. The largest absolute Gasteiger partial charge is 0.508 e. The van der Waals surface area contributed by atoms with Crippen molar-refractivity contribution >= 4 is 6.29 Å². The maximum atomic E-state index is 10.0. The van der Waals surface area contributed by atoms with Crippen LogP contribution in [0, 0.1) is 0 Å². The molecule has 0 atom stereocenters. The Kier molecular flexibility index (Phi) is 4.77. The highest BCUT2D eigenvalue weighted by Gasteiger charge is 1.86. The van der Waals surface area contributed by atoms with Crippen LogP contribution in [0.15, 0.2) is 24.3 Å². The Morgan fingerprint density at radius 3 is 2.00 bits per heavy atom. The highest BCUT2D eigenvalue weighted by atomic mass is 16.3. The summed E-state index contributed by atoms with van der Waals surface area (Å²) in [6, 6.07) is 6.07. The van der Waals surface area contributed by atoms with Gasteiger partial charge < -0.3 is 10.2 Å². The number of carbonyl (C=O) groups is 1. The molecule has 0 saturated heterocycles. The van der Waals surface area contributed by atoms with Crippen molar-refractivity contribution in [1.29, 1.82) is 0 Å². The van der Waals surface area contributed by atoms with Crippen LogP contribution in [-0.2, 0) is 0 Å². The van der Waals surface area contributed by atoms with E-state index in [4.69, 9.17) is 10.2 Å². The molecule has 0 spiro atoms. The number of rotatable bonds is 1. The highest BCUT2D eigenvalue weighted by molar-refractivity contribution is 5.74. The number of aliphatic hydroxyl groups is 1. The molecule has 3 heteroatoms. The zero-order chi connectivity index (χ0) is 8.69. The summed E-state index contributed by atoms with van der Waals surface area (Å²) in [5.74, 6) is 0.181. The van der Waals surface area contributed by atoms with Crippen molar-refractivity contribution < 1.29 is 15.0 Å². The summed E-state index contributed by atoms with van der Waals surface area (Å²) in [4.78, 5) is 10.0. The van der Waals surface area contributed by atoms with Gasteiger partial charge in [0, 0.05) is 12.7 Å². The smallest absolute Gasteiger partial charge is 0.150 e. The fourth-order valence-electron chi connectivity index (χ4n) is 0.553. The number of phenolic OH excluding ortho intramolecular Hbond substituents is 1. The van der Waals surface area contributed by atoms with Crippen molar-refractivity contribution in [2.24, 2.45) is 0 Å². The van der Waals surface area contributed by atoms with Crippen molar-refractivity contribution in [3.8, 4) is 5.75 Å². The lowest BCUT2D eigenvalue weighted by atomic mass is 10.2. The molecule has 2 N–H and O–H groups in total. The van der Waals surface area contributed by atoms with Gasteiger partial charge in [-0.1, -0.05) is 0 Å². The van der Waals surface area contributed by atoms with Gasteiger partial charge in [0.25, 0.3) is 0 Å². The minimum atomic E-state index is 0.181. The fourth-order valence-corrected chi connectivity index (χ4v) is 0.553. The van der Waals surface area contributed by atoms with Gasteiger partial charge in [-0.3, -0.25) is 4.79 Å². The van der Waals surface area contributed by atoms with Crippen LogP contribution in [0.1, 0.15) is 10.4 Å². The Balaban J connectivity index is 0.000000461. The van der Waals surface area contributed by atoms with E-state index in [0.717, 1.165) is 13.4 Å². The fraction of sp³-hybridized carbons (Fsp3) is 0.125. The molecule has 0 saturated carbocycles. The molecule has 0 aliphatic carbocycles. The number of aldehydes is 1. The zero-order valence-electron chi connectivity index (χ0n) is 6.19. The molecule has 3 nitrogen and oxygen atoms in total. The second-order valence-corrected chi connectivity index (χ2v) is 1.71. The Bertz CT molecular complexity index is 203. The summed E-state index contributed by atoms with van der Waals surface area (Å²) in [6.07, 6.45) is 0.736. The van der Waals surface area contributed by atoms with E-state index in [1.54, 1.807) is 12.1 Å². The number of carbonyl (C=O) groups excluding carboxylic acids is 1. The first-order valence-corrected chi connectivity index (χ1v) is 3.02. The van der Waals surface area contributed by atoms with Crippen LogP contribution in [0.4, 0.5) is 0 Å². The average molecular weight is 154 g/mol. The van der Waals surface area contributed by atoms with Crippen molar-refractivity contribution in [1.82, 2.24) is 0 Å². The van der Waals surface area contributed by atoms with E-state index in [9.17, 15) is 4.79 Å². The molecule has 0 heterocycles. The molecule has 1 aromatic rings. The molecule has 0 unspecified atom stereocenters.